The minimum absolute atomic E-state index is 0.231. The van der Waals surface area contributed by atoms with Crippen LogP contribution >= 0.6 is 15.9 Å². The Morgan fingerprint density at radius 1 is 1.43 bits per heavy atom. The van der Waals surface area contributed by atoms with Gasteiger partial charge in [-0.1, -0.05) is 41.1 Å². The van der Waals surface area contributed by atoms with Crippen LogP contribution in [-0.4, -0.2) is 11.1 Å². The van der Waals surface area contributed by atoms with Gasteiger partial charge in [0.05, 0.1) is 0 Å². The van der Waals surface area contributed by atoms with Crippen LogP contribution in [0.1, 0.15) is 34.8 Å². The summed E-state index contributed by atoms with van der Waals surface area (Å²) >= 11 is 3.29. The highest BCUT2D eigenvalue weighted by atomic mass is 79.9. The standard InChI is InChI=1S/C12H15BrO/c1-3-10-5-4-6-11(9(10)2)12(14)7-8-13/h4-6H,3,7-8H2,1-2H3. The van der Waals surface area contributed by atoms with Crippen LogP contribution < -0.4 is 0 Å². The third-order valence-electron chi connectivity index (χ3n) is 2.45. The number of carbonyl (C=O) groups is 1. The van der Waals surface area contributed by atoms with Gasteiger partial charge in [0.25, 0.3) is 0 Å². The first-order valence-electron chi connectivity index (χ1n) is 4.88. The summed E-state index contributed by atoms with van der Waals surface area (Å²) in [4.78, 5) is 11.7. The molecule has 0 fully saturated rings. The molecule has 14 heavy (non-hydrogen) atoms. The molecule has 0 saturated carbocycles. The minimum Gasteiger partial charge on any atom is -0.294 e. The van der Waals surface area contributed by atoms with Crippen molar-refractivity contribution in [2.45, 2.75) is 26.7 Å². The summed E-state index contributed by atoms with van der Waals surface area (Å²) in [5.41, 5.74) is 3.29. The minimum atomic E-state index is 0.231. The average molecular weight is 255 g/mol. The molecule has 0 bridgehead atoms. The van der Waals surface area contributed by atoms with E-state index in [4.69, 9.17) is 0 Å². The predicted molar refractivity (Wildman–Crippen MR) is 63.3 cm³/mol. The molecule has 76 valence electrons. The van der Waals surface area contributed by atoms with Crippen molar-refractivity contribution >= 4 is 21.7 Å². The monoisotopic (exact) mass is 254 g/mol. The molecule has 1 aromatic carbocycles. The molecule has 0 heterocycles. The Balaban J connectivity index is 3.03. The maximum atomic E-state index is 11.7. The number of halogens is 1. The van der Waals surface area contributed by atoms with Gasteiger partial charge in [0.2, 0.25) is 0 Å². The summed E-state index contributed by atoms with van der Waals surface area (Å²) in [6.07, 6.45) is 1.56. The zero-order chi connectivity index (χ0) is 10.6. The highest BCUT2D eigenvalue weighted by Crippen LogP contribution is 2.16. The topological polar surface area (TPSA) is 17.1 Å². The Kier molecular flexibility index (Phi) is 4.33. The van der Waals surface area contributed by atoms with Crippen molar-refractivity contribution in [3.8, 4) is 0 Å². The lowest BCUT2D eigenvalue weighted by molar-refractivity contribution is 0.0989. The SMILES string of the molecule is CCc1cccc(C(=O)CCBr)c1C. The van der Waals surface area contributed by atoms with Crippen LogP contribution in [0.2, 0.25) is 0 Å². The van der Waals surface area contributed by atoms with E-state index >= 15 is 0 Å². The zero-order valence-corrected chi connectivity index (χ0v) is 10.2. The van der Waals surface area contributed by atoms with Crippen LogP contribution in [-0.2, 0) is 6.42 Å². The lowest BCUT2D eigenvalue weighted by Crippen LogP contribution is -2.04. The Hall–Kier alpha value is -0.630. The number of ketones is 1. The van der Waals surface area contributed by atoms with Gasteiger partial charge in [-0.3, -0.25) is 4.79 Å². The number of alkyl halides is 1. The smallest absolute Gasteiger partial charge is 0.163 e. The van der Waals surface area contributed by atoms with Crippen molar-refractivity contribution in [1.29, 1.82) is 0 Å². The molecule has 0 N–H and O–H groups in total. The van der Waals surface area contributed by atoms with E-state index in [1.807, 2.05) is 19.1 Å². The van der Waals surface area contributed by atoms with Gasteiger partial charge in [0.1, 0.15) is 0 Å². The second kappa shape index (κ2) is 5.30. The van der Waals surface area contributed by atoms with E-state index in [9.17, 15) is 4.79 Å². The maximum Gasteiger partial charge on any atom is 0.163 e. The number of hydrogen-bond donors (Lipinski definition) is 0. The van der Waals surface area contributed by atoms with E-state index in [1.54, 1.807) is 0 Å². The molecule has 2 heteroatoms. The fraction of sp³-hybridized carbons (Fsp3) is 0.417. The summed E-state index contributed by atoms with van der Waals surface area (Å²) in [7, 11) is 0. The molecule has 0 aliphatic heterocycles. The summed E-state index contributed by atoms with van der Waals surface area (Å²) < 4.78 is 0. The predicted octanol–water partition coefficient (Wildman–Crippen LogP) is 3.53. The molecule has 0 spiro atoms. The van der Waals surface area contributed by atoms with Gasteiger partial charge in [-0.2, -0.15) is 0 Å². The third-order valence-corrected chi connectivity index (χ3v) is 2.85. The van der Waals surface area contributed by atoms with E-state index in [2.05, 4.69) is 28.9 Å². The Bertz CT molecular complexity index is 331. The number of benzene rings is 1. The average Bonchev–Trinajstić information content (AvgIpc) is 2.18. The normalized spacial score (nSPS) is 10.2. The molecule has 0 atom stereocenters. The third kappa shape index (κ3) is 2.44. The summed E-state index contributed by atoms with van der Waals surface area (Å²) in [6.45, 7) is 4.14. The van der Waals surface area contributed by atoms with Gasteiger partial charge in [0, 0.05) is 17.3 Å². The number of aryl methyl sites for hydroxylation is 1. The van der Waals surface area contributed by atoms with Gasteiger partial charge < -0.3 is 0 Å². The molecule has 1 nitrogen and oxygen atoms in total. The Labute approximate surface area is 93.7 Å². The van der Waals surface area contributed by atoms with Gasteiger partial charge >= 0.3 is 0 Å². The Morgan fingerprint density at radius 2 is 2.14 bits per heavy atom. The van der Waals surface area contributed by atoms with Gasteiger partial charge in [-0.05, 0) is 24.5 Å². The molecule has 0 unspecified atom stereocenters. The van der Waals surface area contributed by atoms with E-state index in [0.717, 1.165) is 22.9 Å². The molecule has 0 aromatic heterocycles. The van der Waals surface area contributed by atoms with Crippen molar-refractivity contribution in [2.75, 3.05) is 5.33 Å². The van der Waals surface area contributed by atoms with Gasteiger partial charge in [0.15, 0.2) is 5.78 Å². The summed E-state index contributed by atoms with van der Waals surface area (Å²) in [5.74, 6) is 0.231. The van der Waals surface area contributed by atoms with E-state index in [0.29, 0.717) is 6.42 Å². The molecular formula is C12H15BrO. The first-order valence-corrected chi connectivity index (χ1v) is 6.00. The molecule has 0 aliphatic carbocycles. The molecule has 1 aromatic rings. The highest BCUT2D eigenvalue weighted by molar-refractivity contribution is 9.09. The zero-order valence-electron chi connectivity index (χ0n) is 8.64. The van der Waals surface area contributed by atoms with Crippen molar-refractivity contribution in [1.82, 2.24) is 0 Å². The van der Waals surface area contributed by atoms with Crippen LogP contribution in [0.5, 0.6) is 0 Å². The molecular weight excluding hydrogens is 240 g/mol. The first kappa shape index (κ1) is 11.4. The second-order valence-electron chi connectivity index (χ2n) is 3.31. The number of rotatable bonds is 4. The van der Waals surface area contributed by atoms with Crippen LogP contribution in [0, 0.1) is 6.92 Å². The molecule has 0 amide bonds. The fourth-order valence-corrected chi connectivity index (χ4v) is 1.95. The Morgan fingerprint density at radius 3 is 2.71 bits per heavy atom. The number of Topliss-reactive ketones (excluding diaryl/α,β-unsaturated/α-hetero) is 1. The van der Waals surface area contributed by atoms with Crippen LogP contribution in [0.25, 0.3) is 0 Å². The van der Waals surface area contributed by atoms with Crippen LogP contribution in [0.15, 0.2) is 18.2 Å². The van der Waals surface area contributed by atoms with Gasteiger partial charge in [-0.25, -0.2) is 0 Å². The van der Waals surface area contributed by atoms with E-state index in [1.165, 1.54) is 5.56 Å². The maximum absolute atomic E-state index is 11.7. The molecule has 1 rings (SSSR count). The quantitative estimate of drug-likeness (QED) is 0.594. The lowest BCUT2D eigenvalue weighted by atomic mass is 9.97. The lowest BCUT2D eigenvalue weighted by Gasteiger charge is -2.08. The van der Waals surface area contributed by atoms with Crippen molar-refractivity contribution < 1.29 is 4.79 Å². The summed E-state index contributed by atoms with van der Waals surface area (Å²) in [5, 5.41) is 0.738. The molecule has 0 radical (unpaired) electrons. The number of carbonyl (C=O) groups excluding carboxylic acids is 1. The van der Waals surface area contributed by atoms with E-state index < -0.39 is 0 Å². The van der Waals surface area contributed by atoms with E-state index in [-0.39, 0.29) is 5.78 Å². The van der Waals surface area contributed by atoms with Crippen LogP contribution in [0.3, 0.4) is 0 Å². The van der Waals surface area contributed by atoms with Crippen molar-refractivity contribution in [3.05, 3.63) is 34.9 Å². The van der Waals surface area contributed by atoms with Gasteiger partial charge in [-0.15, -0.1) is 0 Å². The first-order chi connectivity index (χ1) is 6.70. The van der Waals surface area contributed by atoms with Crippen molar-refractivity contribution in [2.24, 2.45) is 0 Å². The number of hydrogen-bond acceptors (Lipinski definition) is 1. The molecule has 0 aliphatic rings. The highest BCUT2D eigenvalue weighted by Gasteiger charge is 2.09. The molecule has 0 saturated heterocycles. The largest absolute Gasteiger partial charge is 0.294 e. The fourth-order valence-electron chi connectivity index (χ4n) is 1.59. The van der Waals surface area contributed by atoms with Crippen LogP contribution in [0.4, 0.5) is 0 Å². The summed E-state index contributed by atoms with van der Waals surface area (Å²) in [6, 6.07) is 5.97. The second-order valence-corrected chi connectivity index (χ2v) is 4.10. The van der Waals surface area contributed by atoms with Crippen molar-refractivity contribution in [3.63, 3.8) is 0 Å².